The van der Waals surface area contributed by atoms with Gasteiger partial charge in [-0.15, -0.1) is 24.0 Å². The van der Waals surface area contributed by atoms with Crippen LogP contribution >= 0.6 is 24.0 Å². The van der Waals surface area contributed by atoms with Crippen molar-refractivity contribution in [2.45, 2.75) is 33.1 Å². The van der Waals surface area contributed by atoms with Gasteiger partial charge in [0, 0.05) is 50.7 Å². The number of aryl methyl sites for hydroxylation is 2. The molecule has 1 fully saturated rings. The third kappa shape index (κ3) is 6.78. The van der Waals surface area contributed by atoms with Crippen LogP contribution in [0, 0.1) is 0 Å². The van der Waals surface area contributed by atoms with Crippen molar-refractivity contribution in [1.29, 1.82) is 0 Å². The molecule has 0 unspecified atom stereocenters. The lowest BCUT2D eigenvalue weighted by Gasteiger charge is -2.34. The van der Waals surface area contributed by atoms with Gasteiger partial charge in [0.05, 0.1) is 6.54 Å². The van der Waals surface area contributed by atoms with Gasteiger partial charge >= 0.3 is 0 Å². The van der Waals surface area contributed by atoms with Crippen molar-refractivity contribution in [3.63, 3.8) is 0 Å². The van der Waals surface area contributed by atoms with E-state index in [0.717, 1.165) is 31.6 Å². The van der Waals surface area contributed by atoms with Gasteiger partial charge in [0.15, 0.2) is 5.96 Å². The molecule has 1 amide bonds. The van der Waals surface area contributed by atoms with Crippen molar-refractivity contribution in [2.24, 2.45) is 10.7 Å². The maximum absolute atomic E-state index is 12.5. The number of carbonyl (C=O) groups excluding carboxylic acids is 1. The molecule has 1 aromatic carbocycles. The third-order valence-electron chi connectivity index (χ3n) is 5.33. The van der Waals surface area contributed by atoms with Crippen molar-refractivity contribution in [3.8, 4) is 0 Å². The van der Waals surface area contributed by atoms with Crippen LogP contribution in [0.2, 0.25) is 0 Å². The zero-order valence-electron chi connectivity index (χ0n) is 18.3. The lowest BCUT2D eigenvalue weighted by molar-refractivity contribution is -0.131. The molecule has 1 aliphatic heterocycles. The molecule has 1 aliphatic rings. The highest BCUT2D eigenvalue weighted by Gasteiger charge is 2.22. The number of amides is 1. The normalized spacial score (nSPS) is 14.2. The quantitative estimate of drug-likeness (QED) is 0.320. The number of piperazine rings is 1. The largest absolute Gasteiger partial charge is 0.370 e. The summed E-state index contributed by atoms with van der Waals surface area (Å²) in [5.41, 5.74) is 9.55. The highest BCUT2D eigenvalue weighted by atomic mass is 127. The van der Waals surface area contributed by atoms with E-state index in [-0.39, 0.29) is 29.9 Å². The van der Waals surface area contributed by atoms with Crippen LogP contribution in [-0.4, -0.2) is 59.5 Å². The summed E-state index contributed by atoms with van der Waals surface area (Å²) < 4.78 is 0. The van der Waals surface area contributed by atoms with Gasteiger partial charge in [-0.2, -0.15) is 0 Å². The Labute approximate surface area is 201 Å². The molecular weight excluding hydrogens is 505 g/mol. The number of rotatable bonds is 7. The average molecular weight is 537 g/mol. The van der Waals surface area contributed by atoms with Crippen LogP contribution in [-0.2, 0) is 17.6 Å². The summed E-state index contributed by atoms with van der Waals surface area (Å²) >= 11 is 0. The van der Waals surface area contributed by atoms with Crippen LogP contribution in [0.15, 0.2) is 41.7 Å². The van der Waals surface area contributed by atoms with Crippen molar-refractivity contribution >= 4 is 47.5 Å². The first-order chi connectivity index (χ1) is 14.6. The summed E-state index contributed by atoms with van der Waals surface area (Å²) in [4.78, 5) is 29.4. The van der Waals surface area contributed by atoms with E-state index < -0.39 is 0 Å². The zero-order chi connectivity index (χ0) is 21.3. The zero-order valence-corrected chi connectivity index (χ0v) is 20.6. The lowest BCUT2D eigenvalue weighted by atomic mass is 10.0. The number of hydrogen-bond acceptors (Lipinski definition) is 5. The first-order valence-electron chi connectivity index (χ1n) is 10.6. The maximum atomic E-state index is 12.5. The molecule has 2 heterocycles. The Hall–Kier alpha value is -2.43. The van der Waals surface area contributed by atoms with Crippen molar-refractivity contribution in [1.82, 2.24) is 14.9 Å². The number of aromatic nitrogens is 2. The molecule has 0 bridgehead atoms. The van der Waals surface area contributed by atoms with Gasteiger partial charge in [-0.25, -0.2) is 9.97 Å². The van der Waals surface area contributed by atoms with E-state index in [4.69, 9.17) is 5.73 Å². The van der Waals surface area contributed by atoms with Gasteiger partial charge in [-0.1, -0.05) is 32.0 Å². The monoisotopic (exact) mass is 537 g/mol. The maximum Gasteiger partial charge on any atom is 0.225 e. The van der Waals surface area contributed by atoms with Crippen LogP contribution in [0.3, 0.4) is 0 Å². The van der Waals surface area contributed by atoms with Crippen LogP contribution < -0.4 is 16.0 Å². The summed E-state index contributed by atoms with van der Waals surface area (Å²) in [5, 5.41) is 3.24. The number of nitrogens with two attached hydrogens (primary N) is 1. The number of carbonyl (C=O) groups is 1. The fourth-order valence-corrected chi connectivity index (χ4v) is 3.61. The summed E-state index contributed by atoms with van der Waals surface area (Å²) in [6.45, 7) is 7.41. The number of halogens is 1. The summed E-state index contributed by atoms with van der Waals surface area (Å²) in [5.74, 6) is 1.17. The van der Waals surface area contributed by atoms with E-state index in [0.29, 0.717) is 38.0 Å². The Morgan fingerprint density at radius 2 is 1.68 bits per heavy atom. The second kappa shape index (κ2) is 12.4. The summed E-state index contributed by atoms with van der Waals surface area (Å²) in [6.07, 6.45) is 5.65. The van der Waals surface area contributed by atoms with E-state index in [9.17, 15) is 4.79 Å². The fraction of sp³-hybridized carbons (Fsp3) is 0.455. The van der Waals surface area contributed by atoms with E-state index >= 15 is 0 Å². The van der Waals surface area contributed by atoms with Crippen LogP contribution in [0.1, 0.15) is 31.4 Å². The number of nitrogens with zero attached hydrogens (tertiary/aromatic N) is 5. The number of benzene rings is 1. The molecule has 3 rings (SSSR count). The molecule has 31 heavy (non-hydrogen) atoms. The summed E-state index contributed by atoms with van der Waals surface area (Å²) in [7, 11) is 0. The number of nitrogens with one attached hydrogen (secondary N) is 1. The first-order valence-corrected chi connectivity index (χ1v) is 10.6. The fourth-order valence-electron chi connectivity index (χ4n) is 3.61. The Kier molecular flexibility index (Phi) is 9.96. The average Bonchev–Trinajstić information content (AvgIpc) is 2.79. The van der Waals surface area contributed by atoms with E-state index in [1.807, 2.05) is 4.90 Å². The standard InChI is InChI=1S/C22H31N7O.HI/c1-3-17-7-5-8-18(4-2)20(17)27-21(23)24-12-9-19(30)28-13-15-29(16-14-28)22-25-10-6-11-26-22;/h5-8,10-11H,3-4,9,12-16H2,1-2H3,(H3,23,24,27);1H. The number of aliphatic imine (C=N–C) groups is 1. The highest BCUT2D eigenvalue weighted by molar-refractivity contribution is 14.0. The topological polar surface area (TPSA) is 99.7 Å². The molecule has 0 aliphatic carbocycles. The Bertz CT molecular complexity index is 845. The molecule has 0 saturated carbocycles. The molecule has 3 N–H and O–H groups in total. The third-order valence-corrected chi connectivity index (χ3v) is 5.33. The lowest BCUT2D eigenvalue weighted by Crippen LogP contribution is -2.49. The van der Waals surface area contributed by atoms with Gasteiger partial charge in [0.1, 0.15) is 0 Å². The van der Waals surface area contributed by atoms with Crippen LogP contribution in [0.4, 0.5) is 11.6 Å². The Morgan fingerprint density at radius 1 is 1.06 bits per heavy atom. The smallest absolute Gasteiger partial charge is 0.225 e. The summed E-state index contributed by atoms with van der Waals surface area (Å²) in [6, 6.07) is 8.06. The first kappa shape index (κ1) is 24.8. The predicted octanol–water partition coefficient (Wildman–Crippen LogP) is 2.68. The highest BCUT2D eigenvalue weighted by Crippen LogP contribution is 2.22. The minimum Gasteiger partial charge on any atom is -0.370 e. The molecule has 0 spiro atoms. The number of hydrogen-bond donors (Lipinski definition) is 2. The molecule has 9 heteroatoms. The SMILES string of the molecule is CCc1cccc(CC)c1NC(N)=NCCC(=O)N1CCN(c2ncccn2)CC1.I. The molecule has 2 aromatic rings. The molecule has 0 radical (unpaired) electrons. The van der Waals surface area contributed by atoms with Gasteiger partial charge in [-0.05, 0) is 30.0 Å². The van der Waals surface area contributed by atoms with E-state index in [2.05, 4.69) is 57.2 Å². The minimum absolute atomic E-state index is 0. The van der Waals surface area contributed by atoms with Gasteiger partial charge in [0.25, 0.3) is 0 Å². The van der Waals surface area contributed by atoms with E-state index in [1.54, 1.807) is 18.5 Å². The van der Waals surface area contributed by atoms with Gasteiger partial charge in [0.2, 0.25) is 11.9 Å². The second-order valence-corrected chi connectivity index (χ2v) is 7.22. The van der Waals surface area contributed by atoms with Gasteiger partial charge in [-0.3, -0.25) is 9.79 Å². The van der Waals surface area contributed by atoms with Crippen LogP contribution in [0.25, 0.3) is 0 Å². The number of guanidine groups is 1. The Balaban J connectivity index is 0.00000341. The van der Waals surface area contributed by atoms with E-state index in [1.165, 1.54) is 11.1 Å². The van der Waals surface area contributed by atoms with Crippen molar-refractivity contribution < 1.29 is 4.79 Å². The number of anilines is 2. The van der Waals surface area contributed by atoms with Crippen LogP contribution in [0.5, 0.6) is 0 Å². The Morgan fingerprint density at radius 3 is 2.26 bits per heavy atom. The minimum atomic E-state index is 0. The molecule has 8 nitrogen and oxygen atoms in total. The van der Waals surface area contributed by atoms with Gasteiger partial charge < -0.3 is 20.9 Å². The van der Waals surface area contributed by atoms with Crippen molar-refractivity contribution in [3.05, 3.63) is 47.8 Å². The second-order valence-electron chi connectivity index (χ2n) is 7.22. The molecular formula is C22H32IN7O. The molecule has 1 saturated heterocycles. The molecule has 0 atom stereocenters. The predicted molar refractivity (Wildman–Crippen MR) is 136 cm³/mol. The molecule has 1 aromatic heterocycles. The van der Waals surface area contributed by atoms with Crippen molar-refractivity contribution in [2.75, 3.05) is 42.9 Å². The number of para-hydroxylation sites is 1. The molecule has 168 valence electrons.